The summed E-state index contributed by atoms with van der Waals surface area (Å²) < 4.78 is 42.1. The Balaban J connectivity index is 1.88. The van der Waals surface area contributed by atoms with Gasteiger partial charge in [-0.2, -0.15) is 4.99 Å². The Hall–Kier alpha value is -4.36. The summed E-state index contributed by atoms with van der Waals surface area (Å²) in [6.45, 7) is -0.238. The lowest BCUT2D eigenvalue weighted by molar-refractivity contribution is -0.274. The summed E-state index contributed by atoms with van der Waals surface area (Å²) in [5.74, 6) is -1.18. The predicted molar refractivity (Wildman–Crippen MR) is 120 cm³/mol. The van der Waals surface area contributed by atoms with Gasteiger partial charge in [0.1, 0.15) is 17.3 Å². The summed E-state index contributed by atoms with van der Waals surface area (Å²) in [5, 5.41) is 20.0. The first-order chi connectivity index (χ1) is 16.1. The Kier molecular flexibility index (Phi) is 7.50. The fourth-order valence-corrected chi connectivity index (χ4v) is 2.57. The largest absolute Gasteiger partial charge is 0.573 e. The number of amidine groups is 1. The molecule has 1 saturated carbocycles. The van der Waals surface area contributed by atoms with Crippen LogP contribution in [0.2, 0.25) is 0 Å². The molecule has 1 aliphatic carbocycles. The number of nitrogens with zero attached hydrogens (tertiary/aromatic N) is 3. The third-order valence-corrected chi connectivity index (χ3v) is 4.34. The molecule has 1 heterocycles. The van der Waals surface area contributed by atoms with Crippen molar-refractivity contribution in [2.45, 2.75) is 31.8 Å². The van der Waals surface area contributed by atoms with E-state index in [1.165, 1.54) is 30.6 Å². The summed E-state index contributed by atoms with van der Waals surface area (Å²) in [5.41, 5.74) is 5.44. The minimum Gasteiger partial charge on any atom is -0.493 e. The molecule has 3 rings (SSSR count). The van der Waals surface area contributed by atoms with Gasteiger partial charge in [-0.05, 0) is 25.0 Å². The number of hydrogen-bond acceptors (Lipinski definition) is 6. The molecule has 7 N–H and O–H groups in total. The number of rotatable bonds is 8. The van der Waals surface area contributed by atoms with Gasteiger partial charge in [0.15, 0.2) is 0 Å². The van der Waals surface area contributed by atoms with E-state index >= 15 is 0 Å². The van der Waals surface area contributed by atoms with Gasteiger partial charge in [-0.25, -0.2) is 9.79 Å². The van der Waals surface area contributed by atoms with Crippen LogP contribution in [0, 0.1) is 5.41 Å². The predicted octanol–water partition coefficient (Wildman–Crippen LogP) is 2.03. The maximum absolute atomic E-state index is 12.7. The minimum atomic E-state index is -4.87. The van der Waals surface area contributed by atoms with E-state index < -0.39 is 23.7 Å². The number of nitrogens with one attached hydrogen (secondary N) is 4. The number of halogens is 3. The zero-order valence-corrected chi connectivity index (χ0v) is 17.6. The maximum atomic E-state index is 12.7. The average molecular weight is 478 g/mol. The molecule has 0 bridgehead atoms. The monoisotopic (exact) mass is 478 g/mol. The van der Waals surface area contributed by atoms with Gasteiger partial charge < -0.3 is 31.3 Å². The third-order valence-electron chi connectivity index (χ3n) is 4.34. The van der Waals surface area contributed by atoms with E-state index in [0.717, 1.165) is 25.1 Å². The number of aromatic amines is 2. The van der Waals surface area contributed by atoms with Gasteiger partial charge in [-0.1, -0.05) is 18.2 Å². The number of aromatic hydroxyl groups is 1. The highest BCUT2D eigenvalue weighted by atomic mass is 19.4. The molecular formula is C20H21F3N8O3. The highest BCUT2D eigenvalue weighted by Crippen LogP contribution is 2.26. The SMILES string of the molecule is N=C/C(=C\c1[nH]c(=O)[nH]c1O)C(N)=NC(=NCc1ccccc1OC(F)(F)F)NC=NC1CC1. The van der Waals surface area contributed by atoms with Gasteiger partial charge >= 0.3 is 12.1 Å². The number of aromatic nitrogens is 2. The van der Waals surface area contributed by atoms with Crippen molar-refractivity contribution in [2.75, 3.05) is 0 Å². The lowest BCUT2D eigenvalue weighted by Crippen LogP contribution is -2.26. The molecule has 0 saturated heterocycles. The van der Waals surface area contributed by atoms with E-state index in [9.17, 15) is 23.1 Å². The Bertz CT molecular complexity index is 1210. The molecule has 1 aliphatic rings. The minimum absolute atomic E-state index is 0.0139. The van der Waals surface area contributed by atoms with Crippen LogP contribution in [0.25, 0.3) is 6.08 Å². The molecule has 14 heteroatoms. The van der Waals surface area contributed by atoms with Gasteiger partial charge in [0.25, 0.3) is 0 Å². The highest BCUT2D eigenvalue weighted by Gasteiger charge is 2.31. The second-order valence-electron chi connectivity index (χ2n) is 7.03. The van der Waals surface area contributed by atoms with Crippen LogP contribution in [0.15, 0.2) is 49.6 Å². The lowest BCUT2D eigenvalue weighted by atomic mass is 10.2. The maximum Gasteiger partial charge on any atom is 0.573 e. The second-order valence-corrected chi connectivity index (χ2v) is 7.03. The summed E-state index contributed by atoms with van der Waals surface area (Å²) in [6, 6.07) is 5.70. The first kappa shape index (κ1) is 24.3. The fraction of sp³-hybridized carbons (Fsp3) is 0.250. The van der Waals surface area contributed by atoms with Crippen LogP contribution < -0.4 is 21.5 Å². The summed E-state index contributed by atoms with van der Waals surface area (Å²) in [7, 11) is 0. The second kappa shape index (κ2) is 10.5. The molecule has 0 aliphatic heterocycles. The quantitative estimate of drug-likeness (QED) is 0.251. The molecule has 180 valence electrons. The summed E-state index contributed by atoms with van der Waals surface area (Å²) in [6.07, 6.45) is 0.422. The number of guanidine groups is 1. The van der Waals surface area contributed by atoms with Crippen molar-refractivity contribution >= 4 is 30.4 Å². The Labute approximate surface area is 190 Å². The van der Waals surface area contributed by atoms with Crippen molar-refractivity contribution in [1.29, 1.82) is 5.41 Å². The highest BCUT2D eigenvalue weighted by molar-refractivity contribution is 6.20. The molecule has 11 nitrogen and oxygen atoms in total. The number of aliphatic imine (C=N–C) groups is 3. The molecule has 1 fully saturated rings. The average Bonchev–Trinajstić information content (AvgIpc) is 3.53. The number of imidazole rings is 1. The van der Waals surface area contributed by atoms with Crippen LogP contribution in [0.1, 0.15) is 24.1 Å². The van der Waals surface area contributed by atoms with Crippen molar-refractivity contribution in [1.82, 2.24) is 15.3 Å². The number of alkyl halides is 3. The first-order valence-electron chi connectivity index (χ1n) is 9.89. The summed E-state index contributed by atoms with van der Waals surface area (Å²) >= 11 is 0. The van der Waals surface area contributed by atoms with Crippen LogP contribution >= 0.6 is 0 Å². The van der Waals surface area contributed by atoms with E-state index in [0.29, 0.717) is 0 Å². The van der Waals surface area contributed by atoms with Gasteiger partial charge in [0, 0.05) is 17.4 Å². The number of H-pyrrole nitrogens is 2. The number of benzene rings is 1. The molecule has 0 unspecified atom stereocenters. The van der Waals surface area contributed by atoms with Crippen LogP contribution in [0.3, 0.4) is 0 Å². The molecule has 1 aromatic heterocycles. The Morgan fingerprint density at radius 3 is 2.68 bits per heavy atom. The van der Waals surface area contributed by atoms with Crippen LogP contribution in [0.5, 0.6) is 11.6 Å². The topological polar surface area (TPSA) is 177 Å². The van der Waals surface area contributed by atoms with Gasteiger partial charge in [-0.15, -0.1) is 13.2 Å². The number of para-hydroxylation sites is 1. The van der Waals surface area contributed by atoms with E-state index in [-0.39, 0.29) is 41.2 Å². The Morgan fingerprint density at radius 2 is 2.06 bits per heavy atom. The molecule has 0 amide bonds. The van der Waals surface area contributed by atoms with Gasteiger partial charge in [0.05, 0.1) is 18.9 Å². The standard InChI is InChI=1S/C20H21F3N8O3/c21-20(22,23)34-15-4-2-1-3-11(15)9-26-18(28-10-27-13-5-6-13)30-16(25)12(8-24)7-14-17(32)31-19(33)29-14/h1-4,7-8,10,13,24,32H,5-6,9H2,(H2,29,31,33)(H3,25,26,27,28,30)/b12-7+,24-8?. The van der Waals surface area contributed by atoms with Crippen molar-refractivity contribution in [3.05, 3.63) is 51.6 Å². The van der Waals surface area contributed by atoms with Crippen molar-refractivity contribution < 1.29 is 23.0 Å². The Morgan fingerprint density at radius 1 is 1.32 bits per heavy atom. The van der Waals surface area contributed by atoms with Crippen LogP contribution in [0.4, 0.5) is 13.2 Å². The zero-order valence-electron chi connectivity index (χ0n) is 17.6. The molecule has 0 radical (unpaired) electrons. The van der Waals surface area contributed by atoms with E-state index in [4.69, 9.17) is 11.1 Å². The molecule has 0 spiro atoms. The van der Waals surface area contributed by atoms with Crippen molar-refractivity contribution in [2.24, 2.45) is 20.7 Å². The van der Waals surface area contributed by atoms with E-state index in [1.807, 2.05) is 0 Å². The number of hydrogen-bond donors (Lipinski definition) is 6. The molecular weight excluding hydrogens is 457 g/mol. The third kappa shape index (κ3) is 7.36. The lowest BCUT2D eigenvalue weighted by Gasteiger charge is -2.12. The van der Waals surface area contributed by atoms with Crippen LogP contribution in [-0.2, 0) is 6.54 Å². The van der Waals surface area contributed by atoms with Crippen LogP contribution in [-0.4, -0.2) is 51.8 Å². The zero-order chi connectivity index (χ0) is 24.7. The number of ether oxygens (including phenoxy) is 1. The molecule has 1 aromatic carbocycles. The van der Waals surface area contributed by atoms with Gasteiger partial charge in [-0.3, -0.25) is 9.98 Å². The van der Waals surface area contributed by atoms with E-state index in [2.05, 4.69) is 35.0 Å². The van der Waals surface area contributed by atoms with Crippen molar-refractivity contribution in [3.63, 3.8) is 0 Å². The molecule has 0 atom stereocenters. The fourth-order valence-electron chi connectivity index (χ4n) is 2.57. The van der Waals surface area contributed by atoms with Gasteiger partial charge in [0.2, 0.25) is 11.8 Å². The first-order valence-corrected chi connectivity index (χ1v) is 9.89. The van der Waals surface area contributed by atoms with E-state index in [1.54, 1.807) is 0 Å². The number of nitrogens with two attached hydrogens (primary N) is 1. The van der Waals surface area contributed by atoms with Crippen molar-refractivity contribution in [3.8, 4) is 11.6 Å². The normalized spacial score (nSPS) is 15.6. The molecule has 34 heavy (non-hydrogen) atoms. The molecule has 2 aromatic rings. The summed E-state index contributed by atoms with van der Waals surface area (Å²) in [4.78, 5) is 28.2. The smallest absolute Gasteiger partial charge is 0.493 e.